The number of fused-ring (bicyclic) bond motifs is 1. The molecule has 1 saturated carbocycles. The Labute approximate surface area is 146 Å². The van der Waals surface area contributed by atoms with Crippen LogP contribution in [0.25, 0.3) is 0 Å². The zero-order valence-electron chi connectivity index (χ0n) is 15.6. The maximum Gasteiger partial charge on any atom is 0.188 e. The van der Waals surface area contributed by atoms with Crippen molar-refractivity contribution in [3.63, 3.8) is 0 Å². The molecule has 1 aliphatic carbocycles. The molecule has 0 spiro atoms. The van der Waals surface area contributed by atoms with Gasteiger partial charge in [0.15, 0.2) is 18.3 Å². The Morgan fingerprint density at radius 1 is 1.17 bits per heavy atom. The van der Waals surface area contributed by atoms with Gasteiger partial charge in [-0.1, -0.05) is 40.0 Å². The molecule has 1 aromatic rings. The lowest BCUT2D eigenvalue weighted by Crippen LogP contribution is -2.41. The summed E-state index contributed by atoms with van der Waals surface area (Å²) in [7, 11) is 1.64. The molecule has 134 valence electrons. The predicted octanol–water partition coefficient (Wildman–Crippen LogP) is 4.45. The molecule has 1 heterocycles. The van der Waals surface area contributed by atoms with E-state index in [1.54, 1.807) is 7.11 Å². The molecule has 0 unspecified atom stereocenters. The highest BCUT2D eigenvalue weighted by atomic mass is 16.7. The molecule has 1 aromatic carbocycles. The number of hydrogen-bond acceptors (Lipinski definition) is 4. The van der Waals surface area contributed by atoms with Crippen LogP contribution in [0.5, 0.6) is 11.5 Å². The standard InChI is InChI=1S/C20H31NO3/c1-20(2,3)16-10-15-12-21(17-8-6-5-7-9-17)13-23-19(15)18(11-16)24-14-22-4/h10-11,17H,5-9,12-14H2,1-4H3. The summed E-state index contributed by atoms with van der Waals surface area (Å²) in [6, 6.07) is 5.06. The van der Waals surface area contributed by atoms with Crippen LogP contribution >= 0.6 is 0 Å². The van der Waals surface area contributed by atoms with Crippen LogP contribution in [0, 0.1) is 0 Å². The average molecular weight is 333 g/mol. The van der Waals surface area contributed by atoms with Crippen molar-refractivity contribution >= 4 is 0 Å². The van der Waals surface area contributed by atoms with E-state index >= 15 is 0 Å². The first-order valence-electron chi connectivity index (χ1n) is 9.15. The van der Waals surface area contributed by atoms with Gasteiger partial charge in [-0.05, 0) is 36.0 Å². The third kappa shape index (κ3) is 3.86. The van der Waals surface area contributed by atoms with E-state index in [1.807, 2.05) is 0 Å². The van der Waals surface area contributed by atoms with Crippen molar-refractivity contribution in [1.82, 2.24) is 4.90 Å². The van der Waals surface area contributed by atoms with Crippen LogP contribution in [0.3, 0.4) is 0 Å². The monoisotopic (exact) mass is 333 g/mol. The quantitative estimate of drug-likeness (QED) is 0.762. The molecule has 4 heteroatoms. The van der Waals surface area contributed by atoms with Gasteiger partial charge < -0.3 is 14.2 Å². The Hall–Kier alpha value is -1.26. The number of rotatable bonds is 4. The zero-order chi connectivity index (χ0) is 17.2. The van der Waals surface area contributed by atoms with Crippen molar-refractivity contribution in [3.8, 4) is 11.5 Å². The Balaban J connectivity index is 1.87. The molecule has 0 aromatic heterocycles. The van der Waals surface area contributed by atoms with Gasteiger partial charge in [-0.3, -0.25) is 4.90 Å². The van der Waals surface area contributed by atoms with E-state index in [1.165, 1.54) is 43.2 Å². The second-order valence-corrected chi connectivity index (χ2v) is 8.08. The fourth-order valence-corrected chi connectivity index (χ4v) is 3.70. The van der Waals surface area contributed by atoms with Gasteiger partial charge in [0, 0.05) is 25.3 Å². The lowest BCUT2D eigenvalue weighted by atomic mass is 9.85. The van der Waals surface area contributed by atoms with Gasteiger partial charge in [0.05, 0.1) is 0 Å². The average Bonchev–Trinajstić information content (AvgIpc) is 2.59. The van der Waals surface area contributed by atoms with Gasteiger partial charge in [0.1, 0.15) is 6.73 Å². The summed E-state index contributed by atoms with van der Waals surface area (Å²) in [5.74, 6) is 1.70. The second-order valence-electron chi connectivity index (χ2n) is 8.08. The van der Waals surface area contributed by atoms with Gasteiger partial charge >= 0.3 is 0 Å². The minimum atomic E-state index is 0.0767. The predicted molar refractivity (Wildman–Crippen MR) is 95.6 cm³/mol. The van der Waals surface area contributed by atoms with Crippen LogP contribution in [0.1, 0.15) is 64.0 Å². The second kappa shape index (κ2) is 7.32. The summed E-state index contributed by atoms with van der Waals surface area (Å²) in [5, 5.41) is 0. The smallest absolute Gasteiger partial charge is 0.188 e. The SMILES string of the molecule is COCOc1cc(C(C)(C)C)cc2c1OCN(C1CCCCC1)C2. The minimum Gasteiger partial charge on any atom is -0.474 e. The van der Waals surface area contributed by atoms with Gasteiger partial charge in [0.2, 0.25) is 0 Å². The molecule has 0 N–H and O–H groups in total. The van der Waals surface area contributed by atoms with Crippen molar-refractivity contribution in [2.45, 2.75) is 70.9 Å². The van der Waals surface area contributed by atoms with Crippen molar-refractivity contribution in [3.05, 3.63) is 23.3 Å². The van der Waals surface area contributed by atoms with E-state index < -0.39 is 0 Å². The number of nitrogens with zero attached hydrogens (tertiary/aromatic N) is 1. The molecule has 0 atom stereocenters. The molecule has 1 aliphatic heterocycles. The summed E-state index contributed by atoms with van der Waals surface area (Å²) in [6.07, 6.45) is 6.66. The molecular weight excluding hydrogens is 302 g/mol. The maximum atomic E-state index is 6.13. The van der Waals surface area contributed by atoms with E-state index in [2.05, 4.69) is 37.8 Å². The Morgan fingerprint density at radius 2 is 1.92 bits per heavy atom. The lowest BCUT2D eigenvalue weighted by molar-refractivity contribution is 0.0256. The van der Waals surface area contributed by atoms with Crippen LogP contribution in [0.2, 0.25) is 0 Å². The Kier molecular flexibility index (Phi) is 5.36. The molecule has 4 nitrogen and oxygen atoms in total. The first-order valence-corrected chi connectivity index (χ1v) is 9.15. The summed E-state index contributed by atoms with van der Waals surface area (Å²) >= 11 is 0. The van der Waals surface area contributed by atoms with Crippen LogP contribution < -0.4 is 9.47 Å². The van der Waals surface area contributed by atoms with Crippen molar-refractivity contribution in [1.29, 1.82) is 0 Å². The topological polar surface area (TPSA) is 30.9 Å². The Morgan fingerprint density at radius 3 is 2.58 bits per heavy atom. The first kappa shape index (κ1) is 17.6. The number of benzene rings is 1. The van der Waals surface area contributed by atoms with Crippen molar-refractivity contribution in [2.24, 2.45) is 0 Å². The van der Waals surface area contributed by atoms with Crippen LogP contribution in [-0.4, -0.2) is 31.6 Å². The summed E-state index contributed by atoms with van der Waals surface area (Å²) in [4.78, 5) is 2.49. The highest BCUT2D eigenvalue weighted by molar-refractivity contribution is 5.51. The maximum absolute atomic E-state index is 6.13. The van der Waals surface area contributed by atoms with E-state index in [0.29, 0.717) is 12.8 Å². The molecule has 0 radical (unpaired) electrons. The van der Waals surface area contributed by atoms with Gasteiger partial charge in [-0.15, -0.1) is 0 Å². The number of ether oxygens (including phenoxy) is 3. The van der Waals surface area contributed by atoms with E-state index in [4.69, 9.17) is 14.2 Å². The number of methoxy groups -OCH3 is 1. The Bertz CT molecular complexity index is 559. The highest BCUT2D eigenvalue weighted by Gasteiger charge is 2.29. The fraction of sp³-hybridized carbons (Fsp3) is 0.700. The number of hydrogen-bond donors (Lipinski definition) is 0. The fourth-order valence-electron chi connectivity index (χ4n) is 3.70. The molecule has 0 amide bonds. The largest absolute Gasteiger partial charge is 0.474 e. The molecule has 0 saturated heterocycles. The van der Waals surface area contributed by atoms with Gasteiger partial charge in [-0.25, -0.2) is 0 Å². The summed E-state index contributed by atoms with van der Waals surface area (Å²) in [6.45, 7) is 8.56. The lowest BCUT2D eigenvalue weighted by Gasteiger charge is -2.38. The summed E-state index contributed by atoms with van der Waals surface area (Å²) < 4.78 is 17.0. The molecule has 1 fully saturated rings. The molecule has 3 rings (SSSR count). The van der Waals surface area contributed by atoms with Crippen LogP contribution in [-0.2, 0) is 16.7 Å². The van der Waals surface area contributed by atoms with Gasteiger partial charge in [-0.2, -0.15) is 0 Å². The van der Waals surface area contributed by atoms with E-state index in [-0.39, 0.29) is 12.2 Å². The van der Waals surface area contributed by atoms with Crippen LogP contribution in [0.4, 0.5) is 0 Å². The van der Waals surface area contributed by atoms with Crippen molar-refractivity contribution in [2.75, 3.05) is 20.6 Å². The van der Waals surface area contributed by atoms with E-state index in [9.17, 15) is 0 Å². The third-order valence-corrected chi connectivity index (χ3v) is 5.17. The third-order valence-electron chi connectivity index (χ3n) is 5.17. The zero-order valence-corrected chi connectivity index (χ0v) is 15.6. The molecule has 24 heavy (non-hydrogen) atoms. The van der Waals surface area contributed by atoms with Gasteiger partial charge in [0.25, 0.3) is 0 Å². The van der Waals surface area contributed by atoms with E-state index in [0.717, 1.165) is 18.0 Å². The normalized spacial score (nSPS) is 19.7. The summed E-state index contributed by atoms with van der Waals surface area (Å²) in [5.41, 5.74) is 2.60. The highest BCUT2D eigenvalue weighted by Crippen LogP contribution is 2.40. The minimum absolute atomic E-state index is 0.0767. The molecular formula is C20H31NO3. The van der Waals surface area contributed by atoms with Crippen molar-refractivity contribution < 1.29 is 14.2 Å². The van der Waals surface area contributed by atoms with Crippen LogP contribution in [0.15, 0.2) is 12.1 Å². The molecule has 0 bridgehead atoms. The molecule has 2 aliphatic rings. The first-order chi connectivity index (χ1) is 11.5.